The lowest BCUT2D eigenvalue weighted by atomic mass is 10.1. The molecule has 0 saturated heterocycles. The third kappa shape index (κ3) is 60.4. The van der Waals surface area contributed by atoms with Crippen molar-refractivity contribution in [3.05, 3.63) is 134 Å². The van der Waals surface area contributed by atoms with Gasteiger partial charge in [-0.05, 0) is 135 Å². The molecule has 0 aliphatic heterocycles. The van der Waals surface area contributed by atoms with Crippen molar-refractivity contribution in [1.82, 2.24) is 0 Å². The van der Waals surface area contributed by atoms with Gasteiger partial charge < -0.3 is 14.2 Å². The number of carbonyl (C=O) groups is 3. The quantitative estimate of drug-likeness (QED) is 0.0261. The minimum absolute atomic E-state index is 0.0985. The first-order valence-electron chi connectivity index (χ1n) is 31.2. The van der Waals surface area contributed by atoms with Gasteiger partial charge in [-0.25, -0.2) is 0 Å². The molecule has 6 heteroatoms. The van der Waals surface area contributed by atoms with E-state index in [1.807, 2.05) is 0 Å². The molecule has 0 aliphatic rings. The molecule has 0 fully saturated rings. The summed E-state index contributed by atoms with van der Waals surface area (Å²) < 4.78 is 16.9. The van der Waals surface area contributed by atoms with Gasteiger partial charge in [0, 0.05) is 19.3 Å². The number of unbranched alkanes of at least 4 members (excludes halogenated alkanes) is 22. The largest absolute Gasteiger partial charge is 0.462 e. The topological polar surface area (TPSA) is 78.9 Å². The molecule has 0 spiro atoms. The van der Waals surface area contributed by atoms with E-state index in [0.29, 0.717) is 19.3 Å². The highest BCUT2D eigenvalue weighted by Gasteiger charge is 2.19. The van der Waals surface area contributed by atoms with Crippen LogP contribution in [0.25, 0.3) is 0 Å². The molecule has 0 rings (SSSR count). The zero-order chi connectivity index (χ0) is 55.0. The number of hydrogen-bond acceptors (Lipinski definition) is 6. The fourth-order valence-corrected chi connectivity index (χ4v) is 8.17. The van der Waals surface area contributed by atoms with Crippen molar-refractivity contribution in [3.8, 4) is 0 Å². The van der Waals surface area contributed by atoms with Crippen molar-refractivity contribution >= 4 is 17.9 Å². The van der Waals surface area contributed by atoms with E-state index in [2.05, 4.69) is 154 Å². The molecule has 6 nitrogen and oxygen atoms in total. The predicted octanol–water partition coefficient (Wildman–Crippen LogP) is 21.4. The number of carbonyl (C=O) groups excluding carboxylic acids is 3. The van der Waals surface area contributed by atoms with Gasteiger partial charge in [0.05, 0.1) is 0 Å². The highest BCUT2D eigenvalue weighted by atomic mass is 16.6. The molecule has 0 aromatic heterocycles. The summed E-state index contributed by atoms with van der Waals surface area (Å²) in [5.41, 5.74) is 0. The fourth-order valence-electron chi connectivity index (χ4n) is 8.17. The van der Waals surface area contributed by atoms with Crippen molar-refractivity contribution in [2.45, 2.75) is 277 Å². The van der Waals surface area contributed by atoms with E-state index in [9.17, 15) is 14.4 Å². The van der Waals surface area contributed by atoms with E-state index < -0.39 is 6.10 Å². The molecular weight excluding hydrogens is 937 g/mol. The maximum absolute atomic E-state index is 12.9. The molecule has 0 aromatic carbocycles. The summed E-state index contributed by atoms with van der Waals surface area (Å²) in [5, 5.41) is 0. The lowest BCUT2D eigenvalue weighted by Gasteiger charge is -2.18. The van der Waals surface area contributed by atoms with Crippen molar-refractivity contribution < 1.29 is 28.6 Å². The summed E-state index contributed by atoms with van der Waals surface area (Å²) in [5.74, 6) is -0.939. The maximum Gasteiger partial charge on any atom is 0.306 e. The SMILES string of the molecule is CC/C=C\C/C=C\C/C=C\C/C=C\C/C=C\C/C=C\C/C=C\CCCCCCCC(=O)OCC(COC(=O)CCCCCCC/C=C\C/C=C\CCCC)OC(=O)CCCCCCCCC/C=C\C/C=C\CCCCC. The molecule has 0 radical (unpaired) electrons. The highest BCUT2D eigenvalue weighted by molar-refractivity contribution is 5.71. The monoisotopic (exact) mass is 1050 g/mol. The van der Waals surface area contributed by atoms with Crippen LogP contribution in [-0.4, -0.2) is 37.2 Å². The van der Waals surface area contributed by atoms with Gasteiger partial charge in [0.25, 0.3) is 0 Å². The summed E-state index contributed by atoms with van der Waals surface area (Å²) >= 11 is 0. The molecule has 0 amide bonds. The lowest BCUT2D eigenvalue weighted by Crippen LogP contribution is -2.30. The van der Waals surface area contributed by atoms with Crippen molar-refractivity contribution in [1.29, 1.82) is 0 Å². The Labute approximate surface area is 468 Å². The third-order valence-corrected chi connectivity index (χ3v) is 12.9. The second kappa shape index (κ2) is 63.1. The van der Waals surface area contributed by atoms with Crippen LogP contribution < -0.4 is 0 Å². The Morgan fingerprint density at radius 3 is 0.842 bits per heavy atom. The van der Waals surface area contributed by atoms with Gasteiger partial charge in [-0.15, -0.1) is 0 Å². The van der Waals surface area contributed by atoms with Crippen LogP contribution in [0, 0.1) is 0 Å². The Kier molecular flexibility index (Phi) is 59.4. The number of hydrogen-bond donors (Lipinski definition) is 0. The molecule has 0 heterocycles. The number of ether oxygens (including phenoxy) is 3. The van der Waals surface area contributed by atoms with Crippen molar-refractivity contribution in [2.75, 3.05) is 13.2 Å². The van der Waals surface area contributed by atoms with E-state index in [4.69, 9.17) is 14.2 Å². The van der Waals surface area contributed by atoms with Crippen molar-refractivity contribution in [3.63, 3.8) is 0 Å². The Bertz CT molecular complexity index is 1630. The first kappa shape index (κ1) is 71.5. The molecule has 430 valence electrons. The van der Waals surface area contributed by atoms with Gasteiger partial charge in [0.1, 0.15) is 13.2 Å². The first-order valence-corrected chi connectivity index (χ1v) is 31.2. The molecule has 1 atom stereocenters. The summed E-state index contributed by atoms with van der Waals surface area (Å²) in [6.45, 7) is 6.43. The highest BCUT2D eigenvalue weighted by Crippen LogP contribution is 2.14. The number of rotatable bonds is 55. The van der Waals surface area contributed by atoms with Crippen LogP contribution in [0.4, 0.5) is 0 Å². The molecule has 76 heavy (non-hydrogen) atoms. The van der Waals surface area contributed by atoms with Crippen LogP contribution in [0.3, 0.4) is 0 Å². The minimum atomic E-state index is -0.802. The predicted molar refractivity (Wildman–Crippen MR) is 329 cm³/mol. The van der Waals surface area contributed by atoms with Crippen LogP contribution in [0.15, 0.2) is 134 Å². The smallest absolute Gasteiger partial charge is 0.306 e. The van der Waals surface area contributed by atoms with Crippen molar-refractivity contribution in [2.24, 2.45) is 0 Å². The molecule has 0 aliphatic carbocycles. The normalized spacial score (nSPS) is 13.0. The molecule has 0 saturated carbocycles. The van der Waals surface area contributed by atoms with Gasteiger partial charge in [-0.1, -0.05) is 251 Å². The summed E-state index contributed by atoms with van der Waals surface area (Å²) in [7, 11) is 0. The zero-order valence-electron chi connectivity index (χ0n) is 49.2. The van der Waals surface area contributed by atoms with Crippen LogP contribution in [0.2, 0.25) is 0 Å². The number of allylic oxidation sites excluding steroid dienone is 22. The zero-order valence-corrected chi connectivity index (χ0v) is 49.2. The van der Waals surface area contributed by atoms with Gasteiger partial charge in [-0.3, -0.25) is 14.4 Å². The number of esters is 3. The third-order valence-electron chi connectivity index (χ3n) is 12.9. The summed E-state index contributed by atoms with van der Waals surface area (Å²) in [6.07, 6.45) is 88.7. The Morgan fingerprint density at radius 2 is 0.526 bits per heavy atom. The van der Waals surface area contributed by atoms with E-state index in [1.165, 1.54) is 70.6 Å². The van der Waals surface area contributed by atoms with Crippen LogP contribution in [0.5, 0.6) is 0 Å². The van der Waals surface area contributed by atoms with E-state index in [0.717, 1.165) is 161 Å². The van der Waals surface area contributed by atoms with Crippen LogP contribution in [-0.2, 0) is 28.6 Å². The molecule has 0 bridgehead atoms. The second-order valence-electron chi connectivity index (χ2n) is 20.2. The fraction of sp³-hybridized carbons (Fsp3) is 0.643. The van der Waals surface area contributed by atoms with Gasteiger partial charge in [0.15, 0.2) is 6.10 Å². The summed E-state index contributed by atoms with van der Waals surface area (Å²) in [6, 6.07) is 0. The van der Waals surface area contributed by atoms with E-state index >= 15 is 0 Å². The standard InChI is InChI=1S/C70H114O6/c1-4-7-10-13-16-19-22-25-28-30-31-32-33-34-35-36-37-38-39-41-42-45-48-51-54-57-60-63-69(72)75-66-67(65-74-68(71)62-59-56-53-50-47-44-27-24-21-18-15-12-9-6-3)76-70(73)64-61-58-55-52-49-46-43-40-29-26-23-20-17-14-11-8-5-2/h7,10,15-20,24-29,31-32,34-35,37-38,41-42,67H,4-6,8-9,11-14,21-23,30,33,36,39-40,43-66H2,1-3H3/b10-7-,18-15-,19-16-,20-17-,27-24-,28-25-,29-26-,32-31-,35-34-,38-37-,42-41-. The second-order valence-corrected chi connectivity index (χ2v) is 20.2. The molecule has 0 N–H and O–H groups in total. The van der Waals surface area contributed by atoms with E-state index in [1.54, 1.807) is 0 Å². The van der Waals surface area contributed by atoms with E-state index in [-0.39, 0.29) is 31.1 Å². The van der Waals surface area contributed by atoms with Gasteiger partial charge >= 0.3 is 17.9 Å². The molecule has 1 unspecified atom stereocenters. The average molecular weight is 1050 g/mol. The Balaban J connectivity index is 4.42. The summed E-state index contributed by atoms with van der Waals surface area (Å²) in [4.78, 5) is 38.3. The van der Waals surface area contributed by atoms with Gasteiger partial charge in [0.2, 0.25) is 0 Å². The van der Waals surface area contributed by atoms with Crippen LogP contribution in [0.1, 0.15) is 271 Å². The Hall–Kier alpha value is -4.45. The minimum Gasteiger partial charge on any atom is -0.462 e. The molecular formula is C70H114O6. The first-order chi connectivity index (χ1) is 37.5. The average Bonchev–Trinajstić information content (AvgIpc) is 3.42. The Morgan fingerprint density at radius 1 is 0.276 bits per heavy atom. The molecule has 0 aromatic rings. The van der Waals surface area contributed by atoms with Gasteiger partial charge in [-0.2, -0.15) is 0 Å². The van der Waals surface area contributed by atoms with Crippen LogP contribution >= 0.6 is 0 Å². The maximum atomic E-state index is 12.9. The lowest BCUT2D eigenvalue weighted by molar-refractivity contribution is -0.167.